The summed E-state index contributed by atoms with van der Waals surface area (Å²) in [6.07, 6.45) is 3.44. The van der Waals surface area contributed by atoms with Gasteiger partial charge in [0.05, 0.1) is 12.7 Å². The first kappa shape index (κ1) is 13.4. The number of para-hydroxylation sites is 1. The number of ether oxygens (including phenoxy) is 1. The Kier molecular flexibility index (Phi) is 4.64. The van der Waals surface area contributed by atoms with Crippen molar-refractivity contribution in [2.24, 2.45) is 5.92 Å². The van der Waals surface area contributed by atoms with Gasteiger partial charge in [0.25, 0.3) is 5.91 Å². The Morgan fingerprint density at radius 1 is 1.44 bits per heavy atom. The largest absolute Gasteiger partial charge is 0.496 e. The van der Waals surface area contributed by atoms with E-state index in [4.69, 9.17) is 4.74 Å². The van der Waals surface area contributed by atoms with Gasteiger partial charge in [0.15, 0.2) is 0 Å². The smallest absolute Gasteiger partial charge is 0.255 e. The third-order valence-electron chi connectivity index (χ3n) is 3.53. The summed E-state index contributed by atoms with van der Waals surface area (Å²) in [5.74, 6) is 1.14. The average molecular weight is 312 g/mol. The minimum absolute atomic E-state index is 0.0368. The fourth-order valence-electron chi connectivity index (χ4n) is 2.49. The molecule has 1 aliphatic carbocycles. The molecule has 2 atom stereocenters. The predicted molar refractivity (Wildman–Crippen MR) is 75.4 cm³/mol. The van der Waals surface area contributed by atoms with Crippen LogP contribution in [-0.2, 0) is 0 Å². The molecule has 0 aromatic heterocycles. The Morgan fingerprint density at radius 2 is 2.22 bits per heavy atom. The Balaban J connectivity index is 2.07. The van der Waals surface area contributed by atoms with Crippen LogP contribution in [0.25, 0.3) is 0 Å². The van der Waals surface area contributed by atoms with E-state index >= 15 is 0 Å². The SMILES string of the molecule is COc1ccccc1C(=O)NC1CCCC1CBr. The van der Waals surface area contributed by atoms with Gasteiger partial charge in [0.1, 0.15) is 5.75 Å². The third kappa shape index (κ3) is 2.86. The highest BCUT2D eigenvalue weighted by Gasteiger charge is 2.28. The van der Waals surface area contributed by atoms with Crippen LogP contribution < -0.4 is 10.1 Å². The average Bonchev–Trinajstić information content (AvgIpc) is 2.85. The maximum Gasteiger partial charge on any atom is 0.255 e. The highest BCUT2D eigenvalue weighted by molar-refractivity contribution is 9.09. The number of halogens is 1. The maximum atomic E-state index is 12.2. The molecule has 0 heterocycles. The van der Waals surface area contributed by atoms with Gasteiger partial charge in [-0.1, -0.05) is 34.5 Å². The molecule has 4 heteroatoms. The van der Waals surface area contributed by atoms with Crippen LogP contribution >= 0.6 is 15.9 Å². The molecular formula is C14H18BrNO2. The molecule has 0 saturated heterocycles. The van der Waals surface area contributed by atoms with Gasteiger partial charge < -0.3 is 10.1 Å². The fraction of sp³-hybridized carbons (Fsp3) is 0.500. The number of alkyl halides is 1. The molecule has 1 aromatic rings. The van der Waals surface area contributed by atoms with E-state index in [1.165, 1.54) is 12.8 Å². The molecule has 98 valence electrons. The molecule has 0 bridgehead atoms. The van der Waals surface area contributed by atoms with Crippen LogP contribution in [0.4, 0.5) is 0 Å². The van der Waals surface area contributed by atoms with Gasteiger partial charge in [-0.2, -0.15) is 0 Å². The summed E-state index contributed by atoms with van der Waals surface area (Å²) in [5, 5.41) is 4.07. The predicted octanol–water partition coefficient (Wildman–Crippen LogP) is 2.99. The number of carbonyl (C=O) groups excluding carboxylic acids is 1. The van der Waals surface area contributed by atoms with E-state index in [-0.39, 0.29) is 11.9 Å². The van der Waals surface area contributed by atoms with Crippen molar-refractivity contribution < 1.29 is 9.53 Å². The van der Waals surface area contributed by atoms with Gasteiger partial charge >= 0.3 is 0 Å². The molecule has 1 aliphatic rings. The van der Waals surface area contributed by atoms with E-state index < -0.39 is 0 Å². The molecular weight excluding hydrogens is 294 g/mol. The minimum Gasteiger partial charge on any atom is -0.496 e. The number of methoxy groups -OCH3 is 1. The molecule has 1 fully saturated rings. The second kappa shape index (κ2) is 6.23. The summed E-state index contributed by atoms with van der Waals surface area (Å²) in [4.78, 5) is 12.2. The molecule has 0 aliphatic heterocycles. The number of carbonyl (C=O) groups is 1. The summed E-state index contributed by atoms with van der Waals surface area (Å²) >= 11 is 3.51. The standard InChI is InChI=1S/C14H18BrNO2/c1-18-13-8-3-2-6-11(13)14(17)16-12-7-4-5-10(12)9-15/h2-3,6,8,10,12H,4-5,7,9H2,1H3,(H,16,17). The van der Waals surface area contributed by atoms with Crippen LogP contribution in [0.2, 0.25) is 0 Å². The molecule has 1 N–H and O–H groups in total. The second-order valence-electron chi connectivity index (χ2n) is 4.63. The van der Waals surface area contributed by atoms with Crippen LogP contribution in [-0.4, -0.2) is 24.4 Å². The Morgan fingerprint density at radius 3 is 2.94 bits per heavy atom. The first-order chi connectivity index (χ1) is 8.76. The van der Waals surface area contributed by atoms with Gasteiger partial charge in [0.2, 0.25) is 0 Å². The summed E-state index contributed by atoms with van der Waals surface area (Å²) in [6, 6.07) is 7.61. The minimum atomic E-state index is -0.0368. The van der Waals surface area contributed by atoms with E-state index in [2.05, 4.69) is 21.2 Å². The van der Waals surface area contributed by atoms with Gasteiger partial charge in [0, 0.05) is 11.4 Å². The number of nitrogens with one attached hydrogen (secondary N) is 1. The lowest BCUT2D eigenvalue weighted by molar-refractivity contribution is 0.0927. The molecule has 0 spiro atoms. The zero-order valence-corrected chi connectivity index (χ0v) is 12.1. The topological polar surface area (TPSA) is 38.3 Å². The molecule has 1 aromatic carbocycles. The van der Waals surface area contributed by atoms with Crippen molar-refractivity contribution in [1.29, 1.82) is 0 Å². The van der Waals surface area contributed by atoms with Crippen molar-refractivity contribution in [3.05, 3.63) is 29.8 Å². The maximum absolute atomic E-state index is 12.2. The first-order valence-corrected chi connectivity index (χ1v) is 7.38. The lowest BCUT2D eigenvalue weighted by atomic mass is 10.1. The molecule has 2 rings (SSSR count). The van der Waals surface area contributed by atoms with E-state index in [0.717, 1.165) is 11.8 Å². The molecule has 2 unspecified atom stereocenters. The summed E-state index contributed by atoms with van der Waals surface area (Å²) in [5.41, 5.74) is 0.611. The van der Waals surface area contributed by atoms with Crippen molar-refractivity contribution in [2.45, 2.75) is 25.3 Å². The highest BCUT2D eigenvalue weighted by atomic mass is 79.9. The summed E-state index contributed by atoms with van der Waals surface area (Å²) in [7, 11) is 1.59. The second-order valence-corrected chi connectivity index (χ2v) is 5.27. The Bertz CT molecular complexity index is 422. The number of amides is 1. The van der Waals surface area contributed by atoms with E-state index in [0.29, 0.717) is 17.2 Å². The van der Waals surface area contributed by atoms with E-state index in [1.807, 2.05) is 18.2 Å². The highest BCUT2D eigenvalue weighted by Crippen LogP contribution is 2.28. The molecule has 18 heavy (non-hydrogen) atoms. The van der Waals surface area contributed by atoms with Gasteiger partial charge in [-0.15, -0.1) is 0 Å². The molecule has 1 amide bonds. The zero-order chi connectivity index (χ0) is 13.0. The van der Waals surface area contributed by atoms with Gasteiger partial charge in [-0.25, -0.2) is 0 Å². The van der Waals surface area contributed by atoms with Crippen LogP contribution in [0.5, 0.6) is 5.75 Å². The van der Waals surface area contributed by atoms with E-state index in [1.54, 1.807) is 13.2 Å². The lowest BCUT2D eigenvalue weighted by Gasteiger charge is -2.19. The van der Waals surface area contributed by atoms with Crippen molar-refractivity contribution in [3.8, 4) is 5.75 Å². The third-order valence-corrected chi connectivity index (χ3v) is 4.36. The first-order valence-electron chi connectivity index (χ1n) is 6.26. The molecule has 3 nitrogen and oxygen atoms in total. The summed E-state index contributed by atoms with van der Waals surface area (Å²) in [6.45, 7) is 0. The normalized spacial score (nSPS) is 22.8. The number of rotatable bonds is 4. The van der Waals surface area contributed by atoms with Crippen molar-refractivity contribution in [3.63, 3.8) is 0 Å². The lowest BCUT2D eigenvalue weighted by Crippen LogP contribution is -2.38. The van der Waals surface area contributed by atoms with Crippen LogP contribution in [0.1, 0.15) is 29.6 Å². The zero-order valence-electron chi connectivity index (χ0n) is 10.5. The van der Waals surface area contributed by atoms with Crippen molar-refractivity contribution in [2.75, 3.05) is 12.4 Å². The van der Waals surface area contributed by atoms with Gasteiger partial charge in [-0.3, -0.25) is 4.79 Å². The Labute approximate surface area is 116 Å². The van der Waals surface area contributed by atoms with Crippen LogP contribution in [0.15, 0.2) is 24.3 Å². The van der Waals surface area contributed by atoms with Crippen LogP contribution in [0, 0.1) is 5.92 Å². The van der Waals surface area contributed by atoms with E-state index in [9.17, 15) is 4.79 Å². The quantitative estimate of drug-likeness (QED) is 0.868. The number of hydrogen-bond acceptors (Lipinski definition) is 2. The number of hydrogen-bond donors (Lipinski definition) is 1. The monoisotopic (exact) mass is 311 g/mol. The number of benzene rings is 1. The van der Waals surface area contributed by atoms with Gasteiger partial charge in [-0.05, 0) is 30.9 Å². The fourth-order valence-corrected chi connectivity index (χ4v) is 3.26. The molecule has 0 radical (unpaired) electrons. The Hall–Kier alpha value is -1.03. The van der Waals surface area contributed by atoms with Crippen LogP contribution in [0.3, 0.4) is 0 Å². The molecule has 1 saturated carbocycles. The van der Waals surface area contributed by atoms with Crippen molar-refractivity contribution >= 4 is 21.8 Å². The van der Waals surface area contributed by atoms with Crippen molar-refractivity contribution in [1.82, 2.24) is 5.32 Å². The summed E-state index contributed by atoms with van der Waals surface area (Å²) < 4.78 is 5.21.